The van der Waals surface area contributed by atoms with Crippen LogP contribution in [0.3, 0.4) is 0 Å². The number of carbonyl (C=O) groups is 2. The quantitative estimate of drug-likeness (QED) is 0.0871. The van der Waals surface area contributed by atoms with E-state index in [2.05, 4.69) is 32.2 Å². The van der Waals surface area contributed by atoms with Crippen molar-refractivity contribution in [3.63, 3.8) is 0 Å². The first-order chi connectivity index (χ1) is 31.6. The van der Waals surface area contributed by atoms with Crippen LogP contribution in [-0.2, 0) is 39.8 Å². The third-order valence-electron chi connectivity index (χ3n) is 19.1. The van der Waals surface area contributed by atoms with Gasteiger partial charge in [0.25, 0.3) is 0 Å². The van der Waals surface area contributed by atoms with E-state index in [9.17, 15) is 50.4 Å². The lowest BCUT2D eigenvalue weighted by molar-refractivity contribution is -0.357. The highest BCUT2D eigenvalue weighted by Crippen LogP contribution is 2.76. The molecule has 0 aromatic heterocycles. The Labute approximate surface area is 393 Å². The number of aliphatic hydroxyl groups is 8. The van der Waals surface area contributed by atoms with Crippen molar-refractivity contribution in [2.45, 2.75) is 166 Å². The Kier molecular flexibility index (Phi) is 13.9. The van der Waals surface area contributed by atoms with E-state index < -0.39 is 95.8 Å². The van der Waals surface area contributed by atoms with Gasteiger partial charge in [-0.2, -0.15) is 0 Å². The summed E-state index contributed by atoms with van der Waals surface area (Å²) in [6, 6.07) is 7.65. The molecule has 8 rings (SSSR count). The van der Waals surface area contributed by atoms with Gasteiger partial charge in [-0.1, -0.05) is 51.5 Å². The van der Waals surface area contributed by atoms with Gasteiger partial charge in [0.2, 0.25) is 5.91 Å². The standard InChI is InChI=1S/C50H75NO16/c1-45(44(61)63-7)16-18-50(43(60)51-22-26-8-10-27(62-6)11-9-26)19-17-48(4)28(29(50)20-45)12-13-34-46(2)21-30(54)40(47(3,25-53)33(46)14-15-49(34,48)5)67-41-38(58)36(56)32(24-64-41)66-42-39(59)37(57)35(55)31(23-52)65-42/h8-12,29-42,52-59H,13-25H2,1-7H3,(H,51,60)/t29-,30-,31+,32+,33+,34+,35+,36-,37-,38+,39+,40-,41-,42-,45-,46-,47-,48+,49+,50-/m0/s1. The molecule has 0 bridgehead atoms. The summed E-state index contributed by atoms with van der Waals surface area (Å²) in [4.78, 5) is 28.3. The van der Waals surface area contributed by atoms with Gasteiger partial charge in [-0.3, -0.25) is 9.59 Å². The maximum atomic E-state index is 14.8. The highest BCUT2D eigenvalue weighted by atomic mass is 16.7. The molecule has 376 valence electrons. The summed E-state index contributed by atoms with van der Waals surface area (Å²) in [6.45, 7) is 9.81. The van der Waals surface area contributed by atoms with E-state index in [-0.39, 0.29) is 53.7 Å². The van der Waals surface area contributed by atoms with Gasteiger partial charge in [0.05, 0.1) is 57.1 Å². The number of allylic oxidation sites excluding steroid dienone is 2. The van der Waals surface area contributed by atoms with Crippen molar-refractivity contribution in [2.24, 2.45) is 50.2 Å². The molecule has 1 amide bonds. The van der Waals surface area contributed by atoms with Gasteiger partial charge >= 0.3 is 5.97 Å². The van der Waals surface area contributed by atoms with Gasteiger partial charge < -0.3 is 74.6 Å². The Morgan fingerprint density at radius 2 is 1.48 bits per heavy atom. The van der Waals surface area contributed by atoms with E-state index in [1.807, 2.05) is 38.1 Å². The number of nitrogens with one attached hydrogen (secondary N) is 1. The second-order valence-electron chi connectivity index (χ2n) is 22.3. The van der Waals surface area contributed by atoms with Crippen molar-refractivity contribution in [1.82, 2.24) is 5.32 Å². The number of amides is 1. The average molecular weight is 946 g/mol. The molecule has 4 saturated carbocycles. The van der Waals surface area contributed by atoms with E-state index in [0.29, 0.717) is 51.5 Å². The van der Waals surface area contributed by atoms with Crippen LogP contribution in [0.4, 0.5) is 0 Å². The topological polar surface area (TPSA) is 263 Å². The Morgan fingerprint density at radius 3 is 2.13 bits per heavy atom. The van der Waals surface area contributed by atoms with Crippen molar-refractivity contribution in [3.8, 4) is 5.75 Å². The van der Waals surface area contributed by atoms with Crippen molar-refractivity contribution < 1.29 is 78.9 Å². The first kappa shape index (κ1) is 50.6. The van der Waals surface area contributed by atoms with Crippen LogP contribution in [0, 0.1) is 50.2 Å². The van der Waals surface area contributed by atoms with Crippen molar-refractivity contribution in [2.75, 3.05) is 34.0 Å². The smallest absolute Gasteiger partial charge is 0.311 e. The van der Waals surface area contributed by atoms with E-state index >= 15 is 0 Å². The number of esters is 1. The van der Waals surface area contributed by atoms with Crippen LogP contribution in [0.2, 0.25) is 0 Å². The fourth-order valence-electron chi connectivity index (χ4n) is 14.9. The first-order valence-electron chi connectivity index (χ1n) is 24.2. The molecule has 2 aliphatic heterocycles. The molecule has 67 heavy (non-hydrogen) atoms. The predicted molar refractivity (Wildman–Crippen MR) is 238 cm³/mol. The monoisotopic (exact) mass is 946 g/mol. The molecule has 2 saturated heterocycles. The van der Waals surface area contributed by atoms with Gasteiger partial charge in [0.1, 0.15) is 48.5 Å². The molecule has 0 radical (unpaired) electrons. The highest BCUT2D eigenvalue weighted by molar-refractivity contribution is 5.85. The summed E-state index contributed by atoms with van der Waals surface area (Å²) < 4.78 is 34.2. The molecular weight excluding hydrogens is 871 g/mol. The molecule has 6 fully saturated rings. The second kappa shape index (κ2) is 18.4. The van der Waals surface area contributed by atoms with E-state index in [4.69, 9.17) is 28.4 Å². The van der Waals surface area contributed by atoms with E-state index in [0.717, 1.165) is 24.2 Å². The van der Waals surface area contributed by atoms with Crippen LogP contribution in [-0.4, -0.2) is 154 Å². The third-order valence-corrected chi connectivity index (χ3v) is 19.1. The summed E-state index contributed by atoms with van der Waals surface area (Å²) in [6.07, 6.45) is -8.21. The molecule has 1 aromatic carbocycles. The minimum atomic E-state index is -1.73. The summed E-state index contributed by atoms with van der Waals surface area (Å²) in [5, 5.41) is 90.0. The number of carbonyl (C=O) groups excluding carboxylic acids is 2. The number of benzene rings is 1. The number of methoxy groups -OCH3 is 2. The minimum Gasteiger partial charge on any atom is -0.497 e. The number of rotatable bonds is 11. The highest BCUT2D eigenvalue weighted by Gasteiger charge is 2.71. The zero-order valence-corrected chi connectivity index (χ0v) is 40.0. The zero-order valence-electron chi connectivity index (χ0n) is 40.0. The molecule has 1 aromatic rings. The van der Waals surface area contributed by atoms with Crippen molar-refractivity contribution >= 4 is 11.9 Å². The average Bonchev–Trinajstić information content (AvgIpc) is 3.31. The van der Waals surface area contributed by atoms with Gasteiger partial charge in [0, 0.05) is 12.0 Å². The van der Waals surface area contributed by atoms with Gasteiger partial charge in [0.15, 0.2) is 12.6 Å². The summed E-state index contributed by atoms with van der Waals surface area (Å²) in [7, 11) is 3.04. The lowest BCUT2D eigenvalue weighted by Gasteiger charge is -2.72. The van der Waals surface area contributed by atoms with Gasteiger partial charge in [-0.25, -0.2) is 0 Å². The van der Waals surface area contributed by atoms with Crippen LogP contribution >= 0.6 is 0 Å². The number of ether oxygens (including phenoxy) is 6. The second-order valence-corrected chi connectivity index (χ2v) is 22.3. The fourth-order valence-corrected chi connectivity index (χ4v) is 14.9. The summed E-state index contributed by atoms with van der Waals surface area (Å²) in [5.41, 5.74) is -1.47. The molecule has 17 nitrogen and oxygen atoms in total. The number of hydrogen-bond acceptors (Lipinski definition) is 16. The summed E-state index contributed by atoms with van der Waals surface area (Å²) >= 11 is 0. The van der Waals surface area contributed by atoms with Crippen LogP contribution in [0.1, 0.15) is 98.0 Å². The summed E-state index contributed by atoms with van der Waals surface area (Å²) in [5.74, 6) is 0.175. The van der Waals surface area contributed by atoms with Crippen LogP contribution in [0.5, 0.6) is 5.75 Å². The molecule has 17 heteroatoms. The first-order valence-corrected chi connectivity index (χ1v) is 24.2. The van der Waals surface area contributed by atoms with Crippen molar-refractivity contribution in [1.29, 1.82) is 0 Å². The molecule has 0 spiro atoms. The Morgan fingerprint density at radius 1 is 0.791 bits per heavy atom. The number of hydrogen-bond donors (Lipinski definition) is 9. The molecular formula is C50H75NO16. The Balaban J connectivity index is 1.03. The molecule has 20 atom stereocenters. The van der Waals surface area contributed by atoms with Gasteiger partial charge in [-0.05, 0) is 116 Å². The molecule has 0 unspecified atom stereocenters. The number of fused-ring (bicyclic) bond motifs is 7. The zero-order chi connectivity index (χ0) is 48.6. The third kappa shape index (κ3) is 7.99. The van der Waals surface area contributed by atoms with Crippen molar-refractivity contribution in [3.05, 3.63) is 41.5 Å². The van der Waals surface area contributed by atoms with Gasteiger partial charge in [-0.15, -0.1) is 0 Å². The Bertz CT molecular complexity index is 2000. The lowest BCUT2D eigenvalue weighted by Crippen LogP contribution is -2.69. The normalized spacial score (nSPS) is 48.4. The van der Waals surface area contributed by atoms with Crippen LogP contribution < -0.4 is 10.1 Å². The largest absolute Gasteiger partial charge is 0.497 e. The van der Waals surface area contributed by atoms with E-state index in [1.54, 1.807) is 7.11 Å². The fraction of sp³-hybridized carbons (Fsp3) is 0.800. The maximum Gasteiger partial charge on any atom is 0.311 e. The van der Waals surface area contributed by atoms with Crippen LogP contribution in [0.15, 0.2) is 35.9 Å². The number of aliphatic hydroxyl groups excluding tert-OH is 8. The predicted octanol–water partition coefficient (Wildman–Crippen LogP) is 1.86. The molecule has 9 N–H and O–H groups in total. The van der Waals surface area contributed by atoms with Crippen LogP contribution in [0.25, 0.3) is 0 Å². The lowest BCUT2D eigenvalue weighted by atomic mass is 9.33. The van der Waals surface area contributed by atoms with E-state index in [1.165, 1.54) is 12.7 Å². The molecule has 2 heterocycles. The SMILES string of the molecule is COC(=O)[C@@]1(C)CC[C@]2(C(=O)NCc3ccc(OC)cc3)CC[C@]3(C)C(=CC[C@@H]4[C@@]5(C)C[C@H](O)[C@H](O[C@@H]6OC[C@@H](O[C@@H]7O[C@H](CO)[C@@H](O)[C@H](O)[C@H]7O)[C@H](O)[C@H]6O)[C@@](C)(CO)[C@@H]5CC[C@]43C)[C@@H]2C1. The molecule has 5 aliphatic carbocycles. The Hall–Kier alpha value is -2.78. The molecule has 7 aliphatic rings. The minimum absolute atomic E-state index is 0.00252. The maximum absolute atomic E-state index is 14.8.